The molecule has 1 saturated heterocycles. The van der Waals surface area contributed by atoms with E-state index in [1.165, 1.54) is 0 Å². The van der Waals surface area contributed by atoms with Crippen LogP contribution in [0.1, 0.15) is 32.4 Å². The van der Waals surface area contributed by atoms with Crippen molar-refractivity contribution in [1.29, 1.82) is 0 Å². The molecule has 0 spiro atoms. The van der Waals surface area contributed by atoms with Gasteiger partial charge >= 0.3 is 0 Å². The summed E-state index contributed by atoms with van der Waals surface area (Å²) in [7, 11) is 0. The topological polar surface area (TPSA) is 36.4 Å². The van der Waals surface area contributed by atoms with Gasteiger partial charge in [-0.25, -0.2) is 0 Å². The highest BCUT2D eigenvalue weighted by Crippen LogP contribution is 2.14. The molecule has 4 nitrogen and oxygen atoms in total. The number of carbonyl (C=O) groups excluding carboxylic acids is 1. The highest BCUT2D eigenvalue weighted by Gasteiger charge is 2.25. The molecule has 4 heteroatoms. The monoisotopic (exact) mass is 289 g/mol. The molecule has 0 N–H and O–H groups in total. The maximum absolute atomic E-state index is 12.3. The minimum Gasteiger partial charge on any atom is -0.340 e. The van der Waals surface area contributed by atoms with Crippen LogP contribution in [0.4, 0.5) is 0 Å². The number of carbonyl (C=O) groups is 1. The van der Waals surface area contributed by atoms with Crippen LogP contribution in [-0.2, 0) is 11.2 Å². The fourth-order valence-electron chi connectivity index (χ4n) is 2.91. The van der Waals surface area contributed by atoms with Crippen molar-refractivity contribution in [2.24, 2.45) is 5.92 Å². The zero-order chi connectivity index (χ0) is 15.1. The third kappa shape index (κ3) is 4.53. The van der Waals surface area contributed by atoms with Crippen molar-refractivity contribution in [1.82, 2.24) is 14.8 Å². The number of piperazine rings is 1. The van der Waals surface area contributed by atoms with Crippen molar-refractivity contribution >= 4 is 5.91 Å². The van der Waals surface area contributed by atoms with Gasteiger partial charge in [-0.3, -0.25) is 14.7 Å². The van der Waals surface area contributed by atoms with Crippen molar-refractivity contribution in [3.05, 3.63) is 30.1 Å². The highest BCUT2D eigenvalue weighted by molar-refractivity contribution is 5.78. The Morgan fingerprint density at radius 2 is 1.90 bits per heavy atom. The minimum absolute atomic E-state index is 0.213. The summed E-state index contributed by atoms with van der Waals surface area (Å²) in [4.78, 5) is 21.2. The van der Waals surface area contributed by atoms with Crippen molar-refractivity contribution in [2.45, 2.75) is 33.1 Å². The van der Waals surface area contributed by atoms with Crippen LogP contribution in [0.5, 0.6) is 0 Å². The Kier molecular flexibility index (Phi) is 6.18. The quantitative estimate of drug-likeness (QED) is 0.805. The summed E-state index contributed by atoms with van der Waals surface area (Å²) < 4.78 is 0. The molecule has 0 unspecified atom stereocenters. The predicted molar refractivity (Wildman–Crippen MR) is 85.0 cm³/mol. The van der Waals surface area contributed by atoms with E-state index in [-0.39, 0.29) is 5.92 Å². The van der Waals surface area contributed by atoms with E-state index in [9.17, 15) is 4.79 Å². The van der Waals surface area contributed by atoms with Gasteiger partial charge in [-0.1, -0.05) is 19.9 Å². The van der Waals surface area contributed by atoms with Gasteiger partial charge in [0.15, 0.2) is 0 Å². The summed E-state index contributed by atoms with van der Waals surface area (Å²) in [6, 6.07) is 6.06. The van der Waals surface area contributed by atoms with E-state index < -0.39 is 0 Å². The Balaban J connectivity index is 1.74. The fourth-order valence-corrected chi connectivity index (χ4v) is 2.91. The van der Waals surface area contributed by atoms with Crippen molar-refractivity contribution < 1.29 is 4.79 Å². The molecule has 116 valence electrons. The van der Waals surface area contributed by atoms with Gasteiger partial charge in [0.2, 0.25) is 5.91 Å². The highest BCUT2D eigenvalue weighted by atomic mass is 16.2. The zero-order valence-electron chi connectivity index (χ0n) is 13.3. The second-order valence-corrected chi connectivity index (χ2v) is 5.75. The Morgan fingerprint density at radius 1 is 1.19 bits per heavy atom. The standard InChI is InChI=1S/C17H27N3O/c1-3-15(4-2)17(21)20-13-11-19(12-14-20)10-8-16-7-5-6-9-18-16/h5-7,9,15H,3-4,8,10-14H2,1-2H3. The number of hydrogen-bond acceptors (Lipinski definition) is 3. The molecule has 1 fully saturated rings. The summed E-state index contributed by atoms with van der Waals surface area (Å²) in [5, 5.41) is 0. The van der Waals surface area contributed by atoms with Gasteiger partial charge in [-0.05, 0) is 25.0 Å². The van der Waals surface area contributed by atoms with Gasteiger partial charge in [-0.2, -0.15) is 0 Å². The molecule has 1 aliphatic rings. The summed E-state index contributed by atoms with van der Waals surface area (Å²) in [6.45, 7) is 8.96. The molecule has 2 rings (SSSR count). The first-order valence-corrected chi connectivity index (χ1v) is 8.15. The lowest BCUT2D eigenvalue weighted by Crippen LogP contribution is -2.50. The SMILES string of the molecule is CCC(CC)C(=O)N1CCN(CCc2ccccn2)CC1. The molecule has 1 aromatic rings. The number of pyridine rings is 1. The van der Waals surface area contributed by atoms with E-state index in [1.807, 2.05) is 18.3 Å². The third-order valence-electron chi connectivity index (χ3n) is 4.43. The van der Waals surface area contributed by atoms with Gasteiger partial charge < -0.3 is 4.90 Å². The van der Waals surface area contributed by atoms with E-state index in [2.05, 4.69) is 34.7 Å². The zero-order valence-corrected chi connectivity index (χ0v) is 13.3. The largest absolute Gasteiger partial charge is 0.340 e. The first-order chi connectivity index (χ1) is 10.2. The molecule has 21 heavy (non-hydrogen) atoms. The summed E-state index contributed by atoms with van der Waals surface area (Å²) in [5.41, 5.74) is 1.15. The van der Waals surface area contributed by atoms with Crippen molar-refractivity contribution in [3.63, 3.8) is 0 Å². The molecule has 0 radical (unpaired) electrons. The van der Waals surface area contributed by atoms with Crippen LogP contribution in [0.3, 0.4) is 0 Å². The van der Waals surface area contributed by atoms with Gasteiger partial charge in [0.1, 0.15) is 0 Å². The average molecular weight is 289 g/mol. The van der Waals surface area contributed by atoms with E-state index >= 15 is 0 Å². The maximum Gasteiger partial charge on any atom is 0.225 e. The molecule has 2 heterocycles. The van der Waals surface area contributed by atoms with E-state index in [1.54, 1.807) is 0 Å². The molecule has 0 bridgehead atoms. The normalized spacial score (nSPS) is 16.4. The number of amides is 1. The lowest BCUT2D eigenvalue weighted by molar-refractivity contribution is -0.137. The smallest absolute Gasteiger partial charge is 0.225 e. The first kappa shape index (κ1) is 16.0. The van der Waals surface area contributed by atoms with Crippen molar-refractivity contribution in [2.75, 3.05) is 32.7 Å². The summed E-state index contributed by atoms with van der Waals surface area (Å²) >= 11 is 0. The maximum atomic E-state index is 12.3. The second kappa shape index (κ2) is 8.13. The average Bonchev–Trinajstić information content (AvgIpc) is 2.55. The van der Waals surface area contributed by atoms with Gasteiger partial charge in [0, 0.05) is 57.0 Å². The van der Waals surface area contributed by atoms with Gasteiger partial charge in [0.05, 0.1) is 0 Å². The lowest BCUT2D eigenvalue weighted by Gasteiger charge is -2.36. The number of rotatable bonds is 6. The molecular weight excluding hydrogens is 262 g/mol. The Hall–Kier alpha value is -1.42. The molecule has 1 aliphatic heterocycles. The Bertz CT molecular complexity index is 423. The third-order valence-corrected chi connectivity index (χ3v) is 4.43. The molecule has 1 aromatic heterocycles. The molecule has 0 aromatic carbocycles. The van der Waals surface area contributed by atoms with Crippen LogP contribution in [0, 0.1) is 5.92 Å². The summed E-state index contributed by atoms with van der Waals surface area (Å²) in [5.74, 6) is 0.564. The van der Waals surface area contributed by atoms with Crippen LogP contribution < -0.4 is 0 Å². The van der Waals surface area contributed by atoms with Gasteiger partial charge in [-0.15, -0.1) is 0 Å². The molecular formula is C17H27N3O. The Labute approximate surface area is 128 Å². The second-order valence-electron chi connectivity index (χ2n) is 5.75. The number of hydrogen-bond donors (Lipinski definition) is 0. The first-order valence-electron chi connectivity index (χ1n) is 8.15. The molecule has 0 aliphatic carbocycles. The predicted octanol–water partition coefficient (Wildman–Crippen LogP) is 2.20. The van der Waals surface area contributed by atoms with E-state index in [0.29, 0.717) is 5.91 Å². The number of aromatic nitrogens is 1. The van der Waals surface area contributed by atoms with Crippen LogP contribution in [0.25, 0.3) is 0 Å². The van der Waals surface area contributed by atoms with E-state index in [4.69, 9.17) is 0 Å². The van der Waals surface area contributed by atoms with E-state index in [0.717, 1.165) is 57.7 Å². The fraction of sp³-hybridized carbons (Fsp3) is 0.647. The van der Waals surface area contributed by atoms with Crippen LogP contribution in [-0.4, -0.2) is 53.4 Å². The minimum atomic E-state index is 0.213. The molecule has 1 amide bonds. The van der Waals surface area contributed by atoms with Gasteiger partial charge in [0.25, 0.3) is 0 Å². The van der Waals surface area contributed by atoms with Crippen molar-refractivity contribution in [3.8, 4) is 0 Å². The Morgan fingerprint density at radius 3 is 2.48 bits per heavy atom. The van der Waals surface area contributed by atoms with Crippen LogP contribution >= 0.6 is 0 Å². The number of nitrogens with zero attached hydrogens (tertiary/aromatic N) is 3. The molecule has 0 atom stereocenters. The molecule has 0 saturated carbocycles. The van der Waals surface area contributed by atoms with Crippen LogP contribution in [0.15, 0.2) is 24.4 Å². The van der Waals surface area contributed by atoms with Crippen LogP contribution in [0.2, 0.25) is 0 Å². The lowest BCUT2D eigenvalue weighted by atomic mass is 10.0. The summed E-state index contributed by atoms with van der Waals surface area (Å²) in [6.07, 6.45) is 4.74.